The molecule has 1 amide bonds. The van der Waals surface area contributed by atoms with Crippen LogP contribution < -0.4 is 15.4 Å². The highest BCUT2D eigenvalue weighted by Crippen LogP contribution is 2.28. The molecule has 0 spiro atoms. The van der Waals surface area contributed by atoms with E-state index in [9.17, 15) is 24.8 Å². The fraction of sp³-hybridized carbons (Fsp3) is 0.500. The Hall–Kier alpha value is -2.72. The summed E-state index contributed by atoms with van der Waals surface area (Å²) in [6.07, 6.45) is 0.417. The molecule has 0 radical (unpaired) electrons. The summed E-state index contributed by atoms with van der Waals surface area (Å²) in [6, 6.07) is 2.72. The summed E-state index contributed by atoms with van der Waals surface area (Å²) in [5.74, 6) is -1.48. The number of benzene rings is 1. The van der Waals surface area contributed by atoms with Gasteiger partial charge in [-0.05, 0) is 39.7 Å². The molecule has 1 rings (SSSR count). The number of methoxy groups -OCH3 is 1. The van der Waals surface area contributed by atoms with Crippen molar-refractivity contribution >= 4 is 23.3 Å². The summed E-state index contributed by atoms with van der Waals surface area (Å²) in [5, 5.41) is 25.4. The minimum atomic E-state index is -1.14. The zero-order valence-electron chi connectivity index (χ0n) is 15.0. The number of nitro groups is 1. The highest BCUT2D eigenvalue weighted by Gasteiger charge is 2.22. The Morgan fingerprint density at radius 2 is 2.08 bits per heavy atom. The van der Waals surface area contributed by atoms with E-state index in [1.807, 2.05) is 19.0 Å². The molecule has 1 aromatic carbocycles. The van der Waals surface area contributed by atoms with Gasteiger partial charge in [-0.25, -0.2) is 0 Å². The van der Waals surface area contributed by atoms with E-state index < -0.39 is 22.8 Å². The van der Waals surface area contributed by atoms with E-state index in [0.717, 1.165) is 19.0 Å². The quantitative estimate of drug-likeness (QED) is 0.298. The predicted molar refractivity (Wildman–Crippen MR) is 95.5 cm³/mol. The lowest BCUT2D eigenvalue weighted by atomic mass is 10.1. The van der Waals surface area contributed by atoms with Gasteiger partial charge in [0.05, 0.1) is 24.1 Å². The Morgan fingerprint density at radius 3 is 2.62 bits per heavy atom. The second kappa shape index (κ2) is 10.3. The van der Waals surface area contributed by atoms with E-state index in [1.165, 1.54) is 19.2 Å². The van der Waals surface area contributed by atoms with Crippen molar-refractivity contribution in [2.24, 2.45) is 0 Å². The number of hydrogen-bond donors (Lipinski definition) is 3. The average molecular weight is 368 g/mol. The van der Waals surface area contributed by atoms with E-state index in [-0.39, 0.29) is 23.5 Å². The van der Waals surface area contributed by atoms with E-state index in [0.29, 0.717) is 6.54 Å². The molecule has 0 saturated carbocycles. The van der Waals surface area contributed by atoms with Crippen LogP contribution in [0.5, 0.6) is 5.75 Å². The van der Waals surface area contributed by atoms with Gasteiger partial charge in [0, 0.05) is 12.1 Å². The molecule has 10 heteroatoms. The minimum Gasteiger partial charge on any atom is -0.495 e. The van der Waals surface area contributed by atoms with Crippen LogP contribution in [-0.4, -0.2) is 67.1 Å². The zero-order valence-corrected chi connectivity index (χ0v) is 15.0. The molecule has 3 N–H and O–H groups in total. The van der Waals surface area contributed by atoms with Crippen LogP contribution in [0.1, 0.15) is 12.8 Å². The predicted octanol–water partition coefficient (Wildman–Crippen LogP) is 0.927. The largest absolute Gasteiger partial charge is 0.495 e. The summed E-state index contributed by atoms with van der Waals surface area (Å²) in [5.41, 5.74) is -0.0962. The van der Waals surface area contributed by atoms with Gasteiger partial charge < -0.3 is 25.4 Å². The number of nitrogens with zero attached hydrogens (tertiary/aromatic N) is 2. The van der Waals surface area contributed by atoms with Crippen molar-refractivity contribution in [3.05, 3.63) is 28.3 Å². The molecule has 0 aliphatic heterocycles. The van der Waals surface area contributed by atoms with E-state index >= 15 is 0 Å². The first-order chi connectivity index (χ1) is 12.2. The maximum Gasteiger partial charge on any atom is 0.321 e. The second-order valence-electron chi connectivity index (χ2n) is 5.90. The monoisotopic (exact) mass is 368 g/mol. The summed E-state index contributed by atoms with van der Waals surface area (Å²) >= 11 is 0. The number of carbonyl (C=O) groups is 2. The summed E-state index contributed by atoms with van der Waals surface area (Å²) in [4.78, 5) is 35.7. The van der Waals surface area contributed by atoms with Gasteiger partial charge in [0.2, 0.25) is 5.91 Å². The van der Waals surface area contributed by atoms with Gasteiger partial charge >= 0.3 is 5.97 Å². The number of carbonyl (C=O) groups excluding carboxylic acids is 1. The third kappa shape index (κ3) is 7.03. The highest BCUT2D eigenvalue weighted by atomic mass is 16.6. The molecule has 26 heavy (non-hydrogen) atoms. The molecule has 0 bridgehead atoms. The van der Waals surface area contributed by atoms with E-state index in [1.54, 1.807) is 0 Å². The van der Waals surface area contributed by atoms with E-state index in [2.05, 4.69) is 10.6 Å². The van der Waals surface area contributed by atoms with Crippen LogP contribution in [0.4, 0.5) is 11.4 Å². The molecule has 0 aliphatic rings. The highest BCUT2D eigenvalue weighted by molar-refractivity contribution is 5.95. The third-order valence-electron chi connectivity index (χ3n) is 3.53. The molecular weight excluding hydrogens is 344 g/mol. The van der Waals surface area contributed by atoms with E-state index in [4.69, 9.17) is 4.74 Å². The number of nitro benzene ring substituents is 1. The number of carboxylic acids is 1. The number of nitrogens with one attached hydrogen (secondary N) is 2. The van der Waals surface area contributed by atoms with Gasteiger partial charge in [0.15, 0.2) is 0 Å². The average Bonchev–Trinajstić information content (AvgIpc) is 2.56. The molecule has 1 unspecified atom stereocenters. The molecule has 0 aliphatic carbocycles. The number of hydrogen-bond acceptors (Lipinski definition) is 7. The lowest BCUT2D eigenvalue weighted by Crippen LogP contribution is -2.40. The van der Waals surface area contributed by atoms with Gasteiger partial charge in [0.1, 0.15) is 11.8 Å². The molecule has 10 nitrogen and oxygen atoms in total. The van der Waals surface area contributed by atoms with Gasteiger partial charge in [-0.1, -0.05) is 0 Å². The summed E-state index contributed by atoms with van der Waals surface area (Å²) < 4.78 is 5.06. The molecule has 0 fully saturated rings. The Morgan fingerprint density at radius 1 is 1.38 bits per heavy atom. The Balaban J connectivity index is 2.71. The SMILES string of the molecule is COc1ccc([N+](=O)[O-])cc1NC(=O)CC(NCCCN(C)C)C(=O)O. The normalized spacial score (nSPS) is 11.8. The van der Waals surface area contributed by atoms with Crippen LogP contribution in [0, 0.1) is 10.1 Å². The van der Waals surface area contributed by atoms with Crippen LogP contribution in [0.25, 0.3) is 0 Å². The fourth-order valence-corrected chi connectivity index (χ4v) is 2.21. The number of carboxylic acid groups (broad SMARTS) is 1. The Bertz CT molecular complexity index is 650. The number of anilines is 1. The molecule has 0 heterocycles. The number of non-ortho nitro benzene ring substituents is 1. The fourth-order valence-electron chi connectivity index (χ4n) is 2.21. The molecule has 0 aromatic heterocycles. The van der Waals surface area contributed by atoms with Gasteiger partial charge in [-0.2, -0.15) is 0 Å². The number of aliphatic carboxylic acids is 1. The summed E-state index contributed by atoms with van der Waals surface area (Å²) in [6.45, 7) is 1.24. The molecular formula is C16H24N4O6. The Kier molecular flexibility index (Phi) is 8.46. The van der Waals surface area contributed by atoms with Crippen molar-refractivity contribution in [2.45, 2.75) is 18.9 Å². The molecule has 1 aromatic rings. The van der Waals surface area contributed by atoms with Gasteiger partial charge in [-0.15, -0.1) is 0 Å². The van der Waals surface area contributed by atoms with Crippen LogP contribution in [0.15, 0.2) is 18.2 Å². The third-order valence-corrected chi connectivity index (χ3v) is 3.53. The number of rotatable bonds is 11. The van der Waals surface area contributed by atoms with Gasteiger partial charge in [0.25, 0.3) is 5.69 Å². The maximum atomic E-state index is 12.2. The van der Waals surface area contributed by atoms with Crippen molar-refractivity contribution in [2.75, 3.05) is 39.6 Å². The van der Waals surface area contributed by atoms with Gasteiger partial charge in [-0.3, -0.25) is 19.7 Å². The zero-order chi connectivity index (χ0) is 19.7. The number of amides is 1. The van der Waals surface area contributed by atoms with Crippen LogP contribution in [0.3, 0.4) is 0 Å². The van der Waals surface area contributed by atoms with Crippen molar-refractivity contribution in [3.63, 3.8) is 0 Å². The summed E-state index contributed by atoms with van der Waals surface area (Å²) in [7, 11) is 5.19. The topological polar surface area (TPSA) is 134 Å². The Labute approximate surface area is 151 Å². The molecule has 1 atom stereocenters. The lowest BCUT2D eigenvalue weighted by molar-refractivity contribution is -0.384. The minimum absolute atomic E-state index is 0.114. The van der Waals surface area contributed by atoms with Crippen molar-refractivity contribution in [1.29, 1.82) is 0 Å². The first-order valence-corrected chi connectivity index (χ1v) is 7.97. The first-order valence-electron chi connectivity index (χ1n) is 7.97. The molecule has 144 valence electrons. The number of ether oxygens (including phenoxy) is 1. The molecule has 0 saturated heterocycles. The van der Waals surface area contributed by atoms with Crippen molar-refractivity contribution < 1.29 is 24.4 Å². The standard InChI is InChI=1S/C16H24N4O6/c1-19(2)8-4-7-17-13(16(22)23)10-15(21)18-12-9-11(20(24)25)5-6-14(12)26-3/h5-6,9,13,17H,4,7-8,10H2,1-3H3,(H,18,21)(H,22,23). The lowest BCUT2D eigenvalue weighted by Gasteiger charge is -2.16. The van der Waals surface area contributed by atoms with Crippen LogP contribution in [0.2, 0.25) is 0 Å². The van der Waals surface area contributed by atoms with Crippen LogP contribution >= 0.6 is 0 Å². The first kappa shape index (κ1) is 21.3. The van der Waals surface area contributed by atoms with Crippen molar-refractivity contribution in [3.8, 4) is 5.75 Å². The maximum absolute atomic E-state index is 12.2. The smallest absolute Gasteiger partial charge is 0.321 e. The second-order valence-corrected chi connectivity index (χ2v) is 5.90. The van der Waals surface area contributed by atoms with Crippen LogP contribution in [-0.2, 0) is 9.59 Å². The van der Waals surface area contributed by atoms with Crippen molar-refractivity contribution in [1.82, 2.24) is 10.2 Å².